The van der Waals surface area contributed by atoms with Gasteiger partial charge in [0.2, 0.25) is 0 Å². The predicted molar refractivity (Wildman–Crippen MR) is 92.7 cm³/mol. The monoisotopic (exact) mass is 669 g/mol. The summed E-state index contributed by atoms with van der Waals surface area (Å²) in [6, 6.07) is 2.41. The number of benzene rings is 1. The maximum Gasteiger partial charge on any atom is 0.460 e. The normalized spacial score (nSPS) is 15.8. The van der Waals surface area contributed by atoms with Crippen molar-refractivity contribution in [2.24, 2.45) is 0 Å². The van der Waals surface area contributed by atoms with Crippen LogP contribution in [0.25, 0.3) is 0 Å². The summed E-state index contributed by atoms with van der Waals surface area (Å²) in [6.07, 6.45) is -7.94. The third-order valence-electron chi connectivity index (χ3n) is 4.73. The summed E-state index contributed by atoms with van der Waals surface area (Å²) in [7, 11) is -13.0. The van der Waals surface area contributed by atoms with Gasteiger partial charge in [0.1, 0.15) is 0 Å². The van der Waals surface area contributed by atoms with E-state index < -0.39 is 84.1 Å². The zero-order valence-electron chi connectivity index (χ0n) is 17.8. The van der Waals surface area contributed by atoms with Crippen molar-refractivity contribution in [1.29, 1.82) is 0 Å². The van der Waals surface area contributed by atoms with E-state index in [-0.39, 0.29) is 4.72 Å². The number of hydrogen-bond acceptors (Lipinski definition) is 4. The number of rotatable bonds is 11. The van der Waals surface area contributed by atoms with Crippen LogP contribution in [-0.2, 0) is 26.7 Å². The molecule has 6 nitrogen and oxygen atoms in total. The second-order valence-electron chi connectivity index (χ2n) is 7.37. The molecule has 0 heterocycles. The first-order valence-electron chi connectivity index (χ1n) is 8.96. The lowest BCUT2D eigenvalue weighted by Crippen LogP contribution is -2.75. The van der Waals surface area contributed by atoms with Crippen LogP contribution in [0.4, 0.5) is 74.6 Å². The summed E-state index contributed by atoms with van der Waals surface area (Å²) < 4.78 is 280. The van der Waals surface area contributed by atoms with Crippen LogP contribution in [0.1, 0.15) is 5.56 Å². The fourth-order valence-corrected chi connectivity index (χ4v) is 4.20. The molecule has 234 valence electrons. The van der Waals surface area contributed by atoms with Crippen molar-refractivity contribution in [3.05, 3.63) is 29.8 Å². The highest BCUT2D eigenvalue weighted by Crippen LogP contribution is 2.64. The molecule has 0 aliphatic carbocycles. The van der Waals surface area contributed by atoms with Gasteiger partial charge in [0.15, 0.2) is 0 Å². The summed E-state index contributed by atoms with van der Waals surface area (Å²) in [5, 5.41) is -7.81. The molecule has 0 saturated carbocycles. The van der Waals surface area contributed by atoms with E-state index in [1.165, 1.54) is 0 Å². The second-order valence-corrected chi connectivity index (χ2v) is 10.6. The van der Waals surface area contributed by atoms with Crippen LogP contribution in [-0.4, -0.2) is 68.4 Å². The van der Waals surface area contributed by atoms with Gasteiger partial charge in [0.05, 0.1) is 4.90 Å². The Bertz CT molecular complexity index is 1320. The van der Waals surface area contributed by atoms with E-state index in [4.69, 9.17) is 4.55 Å². The first-order valence-corrected chi connectivity index (χ1v) is 11.9. The highest BCUT2D eigenvalue weighted by molar-refractivity contribution is 7.90. The SMILES string of the molecule is O=S(=O)(O)c1ccccc1CNS(=O)(=O)C(F)(F)C(F)(F)C(F)(F)C(F)(F)C(F)(F)C(F)(F)C(F)(F)C(F)(F)F. The van der Waals surface area contributed by atoms with E-state index in [0.717, 1.165) is 12.1 Å². The number of halogens is 17. The molecule has 1 rings (SSSR count). The van der Waals surface area contributed by atoms with Crippen molar-refractivity contribution in [2.75, 3.05) is 0 Å². The van der Waals surface area contributed by atoms with E-state index in [1.54, 1.807) is 0 Å². The minimum Gasteiger partial charge on any atom is -0.282 e. The Morgan fingerprint density at radius 2 is 0.925 bits per heavy atom. The summed E-state index contributed by atoms with van der Waals surface area (Å²) in [5.41, 5.74) is -1.13. The fraction of sp³-hybridized carbons (Fsp3) is 0.600. The molecule has 0 fully saturated rings. The van der Waals surface area contributed by atoms with Gasteiger partial charge in [-0.3, -0.25) is 4.55 Å². The summed E-state index contributed by atoms with van der Waals surface area (Å²) in [5.74, 6) is -52.4. The lowest BCUT2D eigenvalue weighted by Gasteiger charge is -2.42. The molecule has 40 heavy (non-hydrogen) atoms. The van der Waals surface area contributed by atoms with Gasteiger partial charge in [0.25, 0.3) is 20.1 Å². The second kappa shape index (κ2) is 9.71. The first kappa shape index (κ1) is 35.9. The molecular weight excluding hydrogens is 661 g/mol. The number of nitrogens with one attached hydrogen (secondary N) is 1. The summed E-state index contributed by atoms with van der Waals surface area (Å²) in [6.45, 7) is -1.99. The minimum atomic E-state index is -8.97. The van der Waals surface area contributed by atoms with Crippen molar-refractivity contribution in [3.63, 3.8) is 0 Å². The van der Waals surface area contributed by atoms with Gasteiger partial charge >= 0.3 is 47.0 Å². The summed E-state index contributed by atoms with van der Waals surface area (Å²) >= 11 is 0. The minimum absolute atomic E-state index is 0.255. The molecule has 0 atom stereocenters. The molecule has 0 aromatic heterocycles. The van der Waals surface area contributed by atoms with E-state index in [0.29, 0.717) is 12.1 Å². The van der Waals surface area contributed by atoms with Crippen LogP contribution in [0.2, 0.25) is 0 Å². The maximum absolute atomic E-state index is 14.0. The molecule has 1 aromatic rings. The van der Waals surface area contributed by atoms with E-state index >= 15 is 0 Å². The molecule has 0 aliphatic rings. The lowest BCUT2D eigenvalue weighted by atomic mass is 9.91. The average molecular weight is 669 g/mol. The van der Waals surface area contributed by atoms with Crippen LogP contribution < -0.4 is 4.72 Å². The molecular formula is C15H8F17NO5S2. The highest BCUT2D eigenvalue weighted by atomic mass is 32.2. The van der Waals surface area contributed by atoms with Crippen molar-refractivity contribution in [1.82, 2.24) is 4.72 Å². The zero-order valence-corrected chi connectivity index (χ0v) is 19.5. The van der Waals surface area contributed by atoms with Crippen molar-refractivity contribution in [2.45, 2.75) is 58.4 Å². The van der Waals surface area contributed by atoms with Crippen LogP contribution in [0.3, 0.4) is 0 Å². The predicted octanol–water partition coefficient (Wildman–Crippen LogP) is 5.32. The molecule has 0 amide bonds. The number of sulfonamides is 1. The van der Waals surface area contributed by atoms with Gasteiger partial charge in [-0.2, -0.15) is 83.1 Å². The van der Waals surface area contributed by atoms with Gasteiger partial charge < -0.3 is 0 Å². The molecule has 25 heteroatoms. The zero-order chi connectivity index (χ0) is 32.4. The first-order chi connectivity index (χ1) is 17.2. The van der Waals surface area contributed by atoms with Gasteiger partial charge in [0, 0.05) is 6.54 Å². The smallest absolute Gasteiger partial charge is 0.282 e. The molecule has 1 aromatic carbocycles. The molecule has 0 unspecified atom stereocenters. The van der Waals surface area contributed by atoms with Gasteiger partial charge in [-0.05, 0) is 11.6 Å². The molecule has 0 saturated heterocycles. The Hall–Kier alpha value is -2.15. The van der Waals surface area contributed by atoms with Crippen molar-refractivity contribution >= 4 is 20.1 Å². The van der Waals surface area contributed by atoms with E-state index in [1.807, 2.05) is 0 Å². The van der Waals surface area contributed by atoms with Crippen LogP contribution in [0.5, 0.6) is 0 Å². The molecule has 0 spiro atoms. The van der Waals surface area contributed by atoms with Crippen LogP contribution in [0, 0.1) is 0 Å². The number of alkyl halides is 17. The Morgan fingerprint density at radius 3 is 1.30 bits per heavy atom. The van der Waals surface area contributed by atoms with Crippen LogP contribution in [0.15, 0.2) is 29.2 Å². The maximum atomic E-state index is 14.0. The highest BCUT2D eigenvalue weighted by Gasteiger charge is 2.96. The van der Waals surface area contributed by atoms with Crippen molar-refractivity contribution in [3.8, 4) is 0 Å². The largest absolute Gasteiger partial charge is 0.460 e. The standard InChI is InChI=1S/C15H8F17NO5S2/c16-8(17,10(20,21)12(24,25)14(28,29)30)9(18,19)11(22,23)13(26,27)15(31,32)40(37,38)33-5-6-3-1-2-4-7(6)39(34,35)36/h1-4,33H,5H2,(H,34,35,36). The molecule has 0 bridgehead atoms. The summed E-state index contributed by atoms with van der Waals surface area (Å²) in [4.78, 5) is -1.35. The third kappa shape index (κ3) is 5.05. The number of hydrogen-bond donors (Lipinski definition) is 2. The molecule has 0 aliphatic heterocycles. The fourth-order valence-electron chi connectivity index (χ4n) is 2.48. The van der Waals surface area contributed by atoms with E-state index in [2.05, 4.69) is 0 Å². The Balaban J connectivity index is 3.64. The third-order valence-corrected chi connectivity index (χ3v) is 7.14. The van der Waals surface area contributed by atoms with Crippen LogP contribution >= 0.6 is 0 Å². The van der Waals surface area contributed by atoms with Gasteiger partial charge in [-0.15, -0.1) is 0 Å². The Morgan fingerprint density at radius 1 is 0.575 bits per heavy atom. The van der Waals surface area contributed by atoms with Crippen molar-refractivity contribution < 1.29 is 96.0 Å². The van der Waals surface area contributed by atoms with Gasteiger partial charge in [-0.1, -0.05) is 18.2 Å². The lowest BCUT2D eigenvalue weighted by molar-refractivity contribution is -0.458. The topological polar surface area (TPSA) is 101 Å². The van der Waals surface area contributed by atoms with E-state index in [9.17, 15) is 91.5 Å². The molecule has 2 N–H and O–H groups in total. The Labute approximate surface area is 209 Å². The molecule has 0 radical (unpaired) electrons. The average Bonchev–Trinajstić information content (AvgIpc) is 2.75. The Kier molecular flexibility index (Phi) is 8.71. The van der Waals surface area contributed by atoms with Gasteiger partial charge in [-0.25, -0.2) is 13.1 Å². The quantitative estimate of drug-likeness (QED) is 0.246.